The molecule has 2 heterocycles. The van der Waals surface area contributed by atoms with Gasteiger partial charge in [0.25, 0.3) is 5.91 Å². The Kier molecular flexibility index (Phi) is 4.97. The van der Waals surface area contributed by atoms with Gasteiger partial charge in [-0.15, -0.1) is 0 Å². The molecule has 2 atom stereocenters. The first kappa shape index (κ1) is 17.0. The summed E-state index contributed by atoms with van der Waals surface area (Å²) in [5.41, 5.74) is 5.87. The monoisotopic (exact) mass is 339 g/mol. The van der Waals surface area contributed by atoms with E-state index in [2.05, 4.69) is 4.98 Å². The summed E-state index contributed by atoms with van der Waals surface area (Å²) < 4.78 is 5.63. The third kappa shape index (κ3) is 3.96. The fraction of sp³-hybridized carbons (Fsp3) is 0.316. The summed E-state index contributed by atoms with van der Waals surface area (Å²) in [6.45, 7) is 2.34. The van der Waals surface area contributed by atoms with E-state index in [1.165, 1.54) is 6.20 Å². The van der Waals surface area contributed by atoms with Crippen molar-refractivity contribution in [2.75, 3.05) is 6.54 Å². The molecule has 1 fully saturated rings. The van der Waals surface area contributed by atoms with Crippen LogP contribution in [0.5, 0.6) is 11.6 Å². The van der Waals surface area contributed by atoms with Gasteiger partial charge >= 0.3 is 0 Å². The molecule has 2 aromatic rings. The van der Waals surface area contributed by atoms with Gasteiger partial charge in [-0.1, -0.05) is 18.2 Å². The van der Waals surface area contributed by atoms with Crippen molar-refractivity contribution < 1.29 is 14.3 Å². The molecule has 0 radical (unpaired) electrons. The van der Waals surface area contributed by atoms with Gasteiger partial charge in [-0.3, -0.25) is 9.59 Å². The summed E-state index contributed by atoms with van der Waals surface area (Å²) in [5.74, 6) is 0.327. The average Bonchev–Trinajstić information content (AvgIpc) is 2.63. The van der Waals surface area contributed by atoms with Crippen molar-refractivity contribution in [2.24, 2.45) is 11.7 Å². The average molecular weight is 339 g/mol. The molecule has 1 aromatic carbocycles. The number of carbonyl (C=O) groups excluding carboxylic acids is 2. The van der Waals surface area contributed by atoms with Crippen molar-refractivity contribution in [2.45, 2.75) is 25.8 Å². The van der Waals surface area contributed by atoms with Gasteiger partial charge in [0.15, 0.2) is 0 Å². The molecule has 25 heavy (non-hydrogen) atoms. The zero-order valence-electron chi connectivity index (χ0n) is 14.1. The fourth-order valence-electron chi connectivity index (χ4n) is 2.96. The van der Waals surface area contributed by atoms with E-state index in [9.17, 15) is 9.59 Å². The Labute approximate surface area is 146 Å². The third-order valence-electron chi connectivity index (χ3n) is 4.49. The summed E-state index contributed by atoms with van der Waals surface area (Å²) >= 11 is 0. The standard InChI is InChI=1S/C19H21N3O3/c1-13-7-8-15(18(20)23)12-22(13)19(24)14-9-10-17(21-11-14)25-16-5-3-2-4-6-16/h2-6,9-11,13,15H,7-8,12H2,1H3,(H2,20,23)/t13-,15-/m0/s1. The molecule has 1 aliphatic rings. The largest absolute Gasteiger partial charge is 0.439 e. The SMILES string of the molecule is C[C@H]1CC[C@H](C(N)=O)CN1C(=O)c1ccc(Oc2ccccc2)nc1. The zero-order valence-corrected chi connectivity index (χ0v) is 14.1. The highest BCUT2D eigenvalue weighted by Crippen LogP contribution is 2.24. The van der Waals surface area contributed by atoms with Crippen LogP contribution in [0.25, 0.3) is 0 Å². The van der Waals surface area contributed by atoms with Gasteiger partial charge in [0, 0.05) is 24.8 Å². The summed E-state index contributed by atoms with van der Waals surface area (Å²) in [7, 11) is 0. The number of hydrogen-bond acceptors (Lipinski definition) is 4. The number of likely N-dealkylation sites (tertiary alicyclic amines) is 1. The van der Waals surface area contributed by atoms with E-state index < -0.39 is 0 Å². The van der Waals surface area contributed by atoms with Crippen LogP contribution in [-0.4, -0.2) is 34.3 Å². The van der Waals surface area contributed by atoms with Crippen LogP contribution in [0.2, 0.25) is 0 Å². The van der Waals surface area contributed by atoms with Crippen LogP contribution < -0.4 is 10.5 Å². The van der Waals surface area contributed by atoms with E-state index in [-0.39, 0.29) is 23.8 Å². The molecule has 0 saturated carbocycles. The fourth-order valence-corrected chi connectivity index (χ4v) is 2.96. The minimum atomic E-state index is -0.352. The van der Waals surface area contributed by atoms with Crippen molar-refractivity contribution in [3.05, 3.63) is 54.2 Å². The minimum Gasteiger partial charge on any atom is -0.439 e. The number of aromatic nitrogens is 1. The first-order chi connectivity index (χ1) is 12.0. The number of piperidine rings is 1. The number of hydrogen-bond donors (Lipinski definition) is 1. The maximum Gasteiger partial charge on any atom is 0.255 e. The van der Waals surface area contributed by atoms with Gasteiger partial charge in [-0.25, -0.2) is 4.98 Å². The van der Waals surface area contributed by atoms with Crippen LogP contribution in [0.3, 0.4) is 0 Å². The Balaban J connectivity index is 1.70. The van der Waals surface area contributed by atoms with Gasteiger partial charge in [0.1, 0.15) is 5.75 Å². The Morgan fingerprint density at radius 2 is 1.92 bits per heavy atom. The minimum absolute atomic E-state index is 0.0725. The third-order valence-corrected chi connectivity index (χ3v) is 4.49. The number of pyridine rings is 1. The lowest BCUT2D eigenvalue weighted by Crippen LogP contribution is -2.48. The van der Waals surface area contributed by atoms with Crippen LogP contribution in [-0.2, 0) is 4.79 Å². The van der Waals surface area contributed by atoms with E-state index in [0.29, 0.717) is 23.7 Å². The number of para-hydroxylation sites is 1. The van der Waals surface area contributed by atoms with E-state index in [4.69, 9.17) is 10.5 Å². The number of ether oxygens (including phenoxy) is 1. The number of carbonyl (C=O) groups is 2. The van der Waals surface area contributed by atoms with Gasteiger partial charge in [0.05, 0.1) is 11.5 Å². The molecular formula is C19H21N3O3. The number of primary amides is 1. The van der Waals surface area contributed by atoms with E-state index in [0.717, 1.165) is 12.8 Å². The Morgan fingerprint density at radius 3 is 2.56 bits per heavy atom. The molecule has 6 heteroatoms. The zero-order chi connectivity index (χ0) is 17.8. The van der Waals surface area contributed by atoms with E-state index in [1.54, 1.807) is 17.0 Å². The van der Waals surface area contributed by atoms with Crippen LogP contribution in [0.4, 0.5) is 0 Å². The molecule has 0 unspecified atom stereocenters. The predicted octanol–water partition coefficient (Wildman–Crippen LogP) is 2.60. The maximum absolute atomic E-state index is 12.7. The Hall–Kier alpha value is -2.89. The Bertz CT molecular complexity index is 746. The molecule has 130 valence electrons. The first-order valence-corrected chi connectivity index (χ1v) is 8.34. The molecule has 1 aliphatic heterocycles. The topological polar surface area (TPSA) is 85.5 Å². The van der Waals surface area contributed by atoms with Crippen molar-refractivity contribution in [1.82, 2.24) is 9.88 Å². The van der Waals surface area contributed by atoms with Gasteiger partial charge < -0.3 is 15.4 Å². The van der Waals surface area contributed by atoms with Gasteiger partial charge in [-0.05, 0) is 38.0 Å². The van der Waals surface area contributed by atoms with Crippen LogP contribution >= 0.6 is 0 Å². The number of amides is 2. The van der Waals surface area contributed by atoms with Gasteiger partial charge in [0.2, 0.25) is 11.8 Å². The summed E-state index contributed by atoms with van der Waals surface area (Å²) in [6, 6.07) is 12.7. The maximum atomic E-state index is 12.7. The summed E-state index contributed by atoms with van der Waals surface area (Å²) in [5, 5.41) is 0. The Morgan fingerprint density at radius 1 is 1.16 bits per heavy atom. The number of nitrogens with zero attached hydrogens (tertiary/aromatic N) is 2. The predicted molar refractivity (Wildman–Crippen MR) is 93.2 cm³/mol. The molecular weight excluding hydrogens is 318 g/mol. The number of benzene rings is 1. The molecule has 0 bridgehead atoms. The van der Waals surface area contributed by atoms with E-state index in [1.807, 2.05) is 37.3 Å². The highest BCUT2D eigenvalue weighted by Gasteiger charge is 2.32. The second kappa shape index (κ2) is 7.34. The summed E-state index contributed by atoms with van der Waals surface area (Å²) in [6.07, 6.45) is 2.99. The van der Waals surface area contributed by atoms with Crippen molar-refractivity contribution >= 4 is 11.8 Å². The molecule has 1 saturated heterocycles. The van der Waals surface area contributed by atoms with Crippen molar-refractivity contribution in [1.29, 1.82) is 0 Å². The first-order valence-electron chi connectivity index (χ1n) is 8.34. The second-order valence-corrected chi connectivity index (χ2v) is 6.28. The second-order valence-electron chi connectivity index (χ2n) is 6.28. The van der Waals surface area contributed by atoms with Crippen molar-refractivity contribution in [3.8, 4) is 11.6 Å². The summed E-state index contributed by atoms with van der Waals surface area (Å²) in [4.78, 5) is 30.1. The highest BCUT2D eigenvalue weighted by atomic mass is 16.5. The quantitative estimate of drug-likeness (QED) is 0.928. The van der Waals surface area contributed by atoms with Crippen LogP contribution in [0.15, 0.2) is 48.7 Å². The highest BCUT2D eigenvalue weighted by molar-refractivity contribution is 5.94. The van der Waals surface area contributed by atoms with Gasteiger partial charge in [-0.2, -0.15) is 0 Å². The molecule has 3 rings (SSSR count). The van der Waals surface area contributed by atoms with E-state index >= 15 is 0 Å². The molecule has 1 aromatic heterocycles. The number of rotatable bonds is 4. The molecule has 2 amide bonds. The normalized spacial score (nSPS) is 20.1. The number of nitrogens with two attached hydrogens (primary N) is 1. The molecule has 6 nitrogen and oxygen atoms in total. The molecule has 2 N–H and O–H groups in total. The van der Waals surface area contributed by atoms with Crippen LogP contribution in [0, 0.1) is 5.92 Å². The van der Waals surface area contributed by atoms with Crippen LogP contribution in [0.1, 0.15) is 30.1 Å². The lowest BCUT2D eigenvalue weighted by atomic mass is 9.92. The molecule has 0 aliphatic carbocycles. The smallest absolute Gasteiger partial charge is 0.255 e. The van der Waals surface area contributed by atoms with Crippen molar-refractivity contribution in [3.63, 3.8) is 0 Å². The lowest BCUT2D eigenvalue weighted by Gasteiger charge is -2.36. The molecule has 0 spiro atoms. The lowest BCUT2D eigenvalue weighted by molar-refractivity contribution is -0.123.